The van der Waals surface area contributed by atoms with Crippen molar-refractivity contribution in [3.8, 4) is 0 Å². The van der Waals surface area contributed by atoms with E-state index < -0.39 is 28.1 Å². The van der Waals surface area contributed by atoms with Crippen LogP contribution in [0.5, 0.6) is 0 Å². The molecule has 0 aromatic carbocycles. The molecule has 10 heteroatoms. The highest BCUT2D eigenvalue weighted by Crippen LogP contribution is 2.69. The van der Waals surface area contributed by atoms with Crippen molar-refractivity contribution in [2.45, 2.75) is 104 Å². The molecule has 1 amide bonds. The summed E-state index contributed by atoms with van der Waals surface area (Å²) in [5.74, 6) is 0.864. The molecular weight excluding hydrogens is 556 g/mol. The third-order valence-corrected chi connectivity index (χ3v) is 13.6. The number of hydrogen-bond acceptors (Lipinski definition) is 7. The molecule has 4 aliphatic rings. The lowest BCUT2D eigenvalue weighted by Crippen LogP contribution is -2.65. The van der Waals surface area contributed by atoms with Crippen molar-refractivity contribution in [1.29, 1.82) is 0 Å². The maximum atomic E-state index is 13.2. The molecule has 0 radical (unpaired) electrons. The van der Waals surface area contributed by atoms with E-state index >= 15 is 0 Å². The smallest absolute Gasteiger partial charge is 0.266 e. The summed E-state index contributed by atoms with van der Waals surface area (Å²) in [6, 6.07) is 0. The second kappa shape index (κ2) is 12.9. The second-order valence-electron chi connectivity index (χ2n) is 15.2. The van der Waals surface area contributed by atoms with Gasteiger partial charge in [-0.05, 0) is 111 Å². The van der Waals surface area contributed by atoms with Gasteiger partial charge in [-0.3, -0.25) is 9.35 Å². The summed E-state index contributed by atoms with van der Waals surface area (Å²) in [5, 5.41) is 34.4. The zero-order chi connectivity index (χ0) is 31.2. The van der Waals surface area contributed by atoms with Crippen molar-refractivity contribution in [2.75, 3.05) is 39.5 Å². The number of hydrogen-bond donors (Lipinski definition) is 4. The van der Waals surface area contributed by atoms with Crippen LogP contribution in [0.15, 0.2) is 0 Å². The molecule has 4 N–H and O–H groups in total. The summed E-state index contributed by atoms with van der Waals surface area (Å²) in [5.41, 5.74) is -0.323. The average molecular weight is 615 g/mol. The molecule has 9 nitrogen and oxygen atoms in total. The van der Waals surface area contributed by atoms with E-state index in [-0.39, 0.29) is 70.8 Å². The van der Waals surface area contributed by atoms with Crippen molar-refractivity contribution in [1.82, 2.24) is 9.80 Å². The Hall–Kier alpha value is -0.780. The fourth-order valence-corrected chi connectivity index (χ4v) is 11.0. The van der Waals surface area contributed by atoms with Gasteiger partial charge in [0.05, 0.1) is 24.1 Å². The van der Waals surface area contributed by atoms with Gasteiger partial charge < -0.3 is 25.1 Å². The van der Waals surface area contributed by atoms with Crippen LogP contribution in [0.4, 0.5) is 0 Å². The number of carbonyl (C=O) groups excluding carboxylic acids is 1. The van der Waals surface area contributed by atoms with Gasteiger partial charge in [-0.15, -0.1) is 0 Å². The van der Waals surface area contributed by atoms with E-state index in [9.17, 15) is 33.1 Å². The monoisotopic (exact) mass is 614 g/mol. The fourth-order valence-electron chi connectivity index (χ4n) is 10.5. The standard InChI is InChI=1S/C32H58N2O7S/c1-7-22-25-18-21(35)12-13-31(25,3)26-19-27(36)32(4)23(9-10-24(32)29(26)30(22)38)20(2)8-11-28(37)34(15-14-33(5)6)16-17-42(39,40)41/h20-27,29-30,35-36,38H,7-19H2,1-6H3,(H,39,40,41). The van der Waals surface area contributed by atoms with Gasteiger partial charge in [0.1, 0.15) is 0 Å². The first kappa shape index (κ1) is 34.1. The van der Waals surface area contributed by atoms with Crippen molar-refractivity contribution >= 4 is 16.0 Å². The van der Waals surface area contributed by atoms with E-state index in [1.165, 1.54) is 0 Å². The van der Waals surface area contributed by atoms with Gasteiger partial charge in [0.25, 0.3) is 10.1 Å². The van der Waals surface area contributed by atoms with Gasteiger partial charge in [0, 0.05) is 26.1 Å². The molecular formula is C32H58N2O7S. The molecule has 12 unspecified atom stereocenters. The molecule has 4 aliphatic carbocycles. The molecule has 244 valence electrons. The van der Waals surface area contributed by atoms with Crippen molar-refractivity contribution in [2.24, 2.45) is 52.3 Å². The summed E-state index contributed by atoms with van der Waals surface area (Å²) >= 11 is 0. The van der Waals surface area contributed by atoms with Gasteiger partial charge in [-0.2, -0.15) is 8.42 Å². The number of carbonyl (C=O) groups is 1. The number of aliphatic hydroxyl groups excluding tert-OH is 3. The molecule has 0 aromatic heterocycles. The Labute approximate surface area is 254 Å². The number of fused-ring (bicyclic) bond motifs is 5. The van der Waals surface area contributed by atoms with Crippen LogP contribution in [0.3, 0.4) is 0 Å². The molecule has 42 heavy (non-hydrogen) atoms. The number of amides is 1. The lowest BCUT2D eigenvalue weighted by Gasteiger charge is -2.65. The number of likely N-dealkylation sites (N-methyl/N-ethyl adjacent to an activating group) is 1. The minimum Gasteiger partial charge on any atom is -0.393 e. The van der Waals surface area contributed by atoms with E-state index in [0.717, 1.165) is 38.5 Å². The van der Waals surface area contributed by atoms with Crippen molar-refractivity contribution in [3.63, 3.8) is 0 Å². The van der Waals surface area contributed by atoms with Crippen LogP contribution in [0.2, 0.25) is 0 Å². The Balaban J connectivity index is 1.49. The molecule has 12 atom stereocenters. The number of nitrogens with zero attached hydrogens (tertiary/aromatic N) is 2. The first-order valence-corrected chi connectivity index (χ1v) is 18.1. The van der Waals surface area contributed by atoms with Gasteiger partial charge >= 0.3 is 0 Å². The summed E-state index contributed by atoms with van der Waals surface area (Å²) < 4.78 is 32.0. The van der Waals surface area contributed by atoms with Gasteiger partial charge in [-0.25, -0.2) is 0 Å². The van der Waals surface area contributed by atoms with E-state index in [1.807, 2.05) is 19.0 Å². The number of rotatable bonds is 11. The predicted octanol–water partition coefficient (Wildman–Crippen LogP) is 3.28. The summed E-state index contributed by atoms with van der Waals surface area (Å²) in [6.07, 6.45) is 5.74. The van der Waals surface area contributed by atoms with Crippen LogP contribution in [-0.4, -0.2) is 102 Å². The Kier molecular flexibility index (Phi) is 10.5. The maximum absolute atomic E-state index is 13.2. The Bertz CT molecular complexity index is 1060. The minimum atomic E-state index is -4.17. The maximum Gasteiger partial charge on any atom is 0.266 e. The highest BCUT2D eigenvalue weighted by molar-refractivity contribution is 7.85. The fraction of sp³-hybridized carbons (Fsp3) is 0.969. The molecule has 4 rings (SSSR count). The van der Waals surface area contributed by atoms with Crippen LogP contribution in [-0.2, 0) is 14.9 Å². The normalized spacial score (nSPS) is 42.5. The van der Waals surface area contributed by atoms with E-state index in [0.29, 0.717) is 32.4 Å². The average Bonchev–Trinajstić information content (AvgIpc) is 3.26. The highest BCUT2D eigenvalue weighted by atomic mass is 32.2. The van der Waals surface area contributed by atoms with Crippen LogP contribution in [0.1, 0.15) is 85.5 Å². The topological polar surface area (TPSA) is 139 Å². The molecule has 0 heterocycles. The van der Waals surface area contributed by atoms with Crippen LogP contribution in [0.25, 0.3) is 0 Å². The van der Waals surface area contributed by atoms with Gasteiger partial charge in [-0.1, -0.05) is 34.1 Å². The second-order valence-corrected chi connectivity index (χ2v) is 16.8. The van der Waals surface area contributed by atoms with Crippen LogP contribution in [0, 0.1) is 52.3 Å². The van der Waals surface area contributed by atoms with E-state index in [2.05, 4.69) is 27.7 Å². The summed E-state index contributed by atoms with van der Waals surface area (Å²) in [6.45, 7) is 9.92. The Morgan fingerprint density at radius 3 is 2.29 bits per heavy atom. The van der Waals surface area contributed by atoms with Crippen LogP contribution >= 0.6 is 0 Å². The first-order valence-electron chi connectivity index (χ1n) is 16.5. The van der Waals surface area contributed by atoms with Crippen molar-refractivity contribution in [3.05, 3.63) is 0 Å². The zero-order valence-corrected chi connectivity index (χ0v) is 27.6. The number of aliphatic hydroxyl groups is 3. The largest absolute Gasteiger partial charge is 0.393 e. The minimum absolute atomic E-state index is 0.0142. The molecule has 0 bridgehead atoms. The summed E-state index contributed by atoms with van der Waals surface area (Å²) in [7, 11) is -0.371. The molecule has 0 spiro atoms. The lowest BCUT2D eigenvalue weighted by atomic mass is 9.41. The highest BCUT2D eigenvalue weighted by Gasteiger charge is 2.67. The molecule has 0 aromatic rings. The van der Waals surface area contributed by atoms with Gasteiger partial charge in [0.2, 0.25) is 5.91 Å². The van der Waals surface area contributed by atoms with Gasteiger partial charge in [0.15, 0.2) is 0 Å². The molecule has 0 saturated heterocycles. The molecule has 0 aliphatic heterocycles. The lowest BCUT2D eigenvalue weighted by molar-refractivity contribution is -0.228. The zero-order valence-electron chi connectivity index (χ0n) is 26.8. The third-order valence-electron chi connectivity index (χ3n) is 12.9. The Morgan fingerprint density at radius 2 is 1.67 bits per heavy atom. The quantitative estimate of drug-likeness (QED) is 0.260. The molecule has 4 saturated carbocycles. The summed E-state index contributed by atoms with van der Waals surface area (Å²) in [4.78, 5) is 16.7. The SMILES string of the molecule is CCC1C(O)C2C(CC(O)C3(C)C(C(C)CCC(=O)N(CCN(C)C)CCS(=O)(=O)O)CCC23)C2(C)CCC(O)CC12. The van der Waals surface area contributed by atoms with Crippen molar-refractivity contribution < 1.29 is 33.1 Å². The first-order chi connectivity index (χ1) is 19.5. The van der Waals surface area contributed by atoms with E-state index in [4.69, 9.17) is 0 Å². The predicted molar refractivity (Wildman–Crippen MR) is 163 cm³/mol. The van der Waals surface area contributed by atoms with Crippen LogP contribution < -0.4 is 0 Å². The van der Waals surface area contributed by atoms with E-state index in [1.54, 1.807) is 4.90 Å². The third kappa shape index (κ3) is 6.45. The molecule has 4 fully saturated rings. The Morgan fingerprint density at radius 1 is 0.976 bits per heavy atom.